The third-order valence-electron chi connectivity index (χ3n) is 5.22. The van der Waals surface area contributed by atoms with E-state index in [1.54, 1.807) is 14.2 Å². The van der Waals surface area contributed by atoms with Gasteiger partial charge in [0, 0.05) is 49.9 Å². The number of nitrogens with one attached hydrogen (secondary N) is 3. The molecule has 2 aromatic rings. The Morgan fingerprint density at radius 1 is 1.25 bits per heavy atom. The number of aliphatic imine (C=N–C) groups is 1. The fourth-order valence-electron chi connectivity index (χ4n) is 3.67. The first-order valence-electron chi connectivity index (χ1n) is 10.5. The van der Waals surface area contributed by atoms with Crippen LogP contribution >= 0.6 is 35.6 Å². The molecule has 3 rings (SSSR count). The largest absolute Gasteiger partial charge is 0.495 e. The number of nitrogens with zero attached hydrogens (tertiary/aromatic N) is 2. The average molecular weight is 572 g/mol. The summed E-state index contributed by atoms with van der Waals surface area (Å²) in [6, 6.07) is 13.5. The van der Waals surface area contributed by atoms with Crippen LogP contribution in [0, 0.1) is 0 Å². The lowest BCUT2D eigenvalue weighted by Crippen LogP contribution is -2.44. The Kier molecular flexibility index (Phi) is 10.4. The molecule has 1 unspecified atom stereocenters. The van der Waals surface area contributed by atoms with Crippen molar-refractivity contribution in [2.45, 2.75) is 25.9 Å². The van der Waals surface area contributed by atoms with Crippen molar-refractivity contribution in [3.8, 4) is 5.75 Å². The molecule has 1 aliphatic heterocycles. The van der Waals surface area contributed by atoms with Crippen molar-refractivity contribution >= 4 is 53.1 Å². The van der Waals surface area contributed by atoms with Crippen LogP contribution in [0.4, 0.5) is 5.69 Å². The molecule has 0 radical (unpaired) electrons. The second-order valence-electron chi connectivity index (χ2n) is 7.38. The van der Waals surface area contributed by atoms with Gasteiger partial charge in [-0.1, -0.05) is 23.7 Å². The number of halogens is 2. The molecule has 9 heteroatoms. The zero-order chi connectivity index (χ0) is 22.2. The van der Waals surface area contributed by atoms with E-state index >= 15 is 0 Å². The number of methoxy groups -OCH3 is 1. The number of benzene rings is 2. The Hall–Kier alpha value is -2.20. The van der Waals surface area contributed by atoms with Gasteiger partial charge >= 0.3 is 0 Å². The van der Waals surface area contributed by atoms with E-state index in [0.717, 1.165) is 42.5 Å². The molecule has 7 nitrogen and oxygen atoms in total. The molecule has 1 amide bonds. The van der Waals surface area contributed by atoms with Crippen LogP contribution in [-0.4, -0.2) is 51.7 Å². The van der Waals surface area contributed by atoms with Crippen molar-refractivity contribution < 1.29 is 9.53 Å². The Labute approximate surface area is 212 Å². The van der Waals surface area contributed by atoms with Crippen molar-refractivity contribution in [2.24, 2.45) is 4.99 Å². The van der Waals surface area contributed by atoms with Gasteiger partial charge in [0.25, 0.3) is 5.91 Å². The van der Waals surface area contributed by atoms with Gasteiger partial charge < -0.3 is 25.6 Å². The van der Waals surface area contributed by atoms with E-state index in [9.17, 15) is 4.79 Å². The van der Waals surface area contributed by atoms with Gasteiger partial charge in [0.2, 0.25) is 0 Å². The molecular formula is C23H31ClIN5O2. The summed E-state index contributed by atoms with van der Waals surface area (Å²) in [6.07, 6.45) is 0.975. The number of hydrogen-bond acceptors (Lipinski definition) is 4. The number of amides is 1. The molecule has 1 atom stereocenters. The van der Waals surface area contributed by atoms with Crippen molar-refractivity contribution in [3.63, 3.8) is 0 Å². The highest BCUT2D eigenvalue weighted by atomic mass is 127. The Balaban J connectivity index is 0.00000363. The van der Waals surface area contributed by atoms with Crippen LogP contribution in [0.3, 0.4) is 0 Å². The highest BCUT2D eigenvalue weighted by molar-refractivity contribution is 14.0. The quantitative estimate of drug-likeness (QED) is 0.269. The summed E-state index contributed by atoms with van der Waals surface area (Å²) < 4.78 is 5.49. The Morgan fingerprint density at radius 2 is 2.06 bits per heavy atom. The number of guanidine groups is 1. The number of ether oxygens (including phenoxy) is 1. The molecule has 1 fully saturated rings. The van der Waals surface area contributed by atoms with Crippen molar-refractivity contribution in [2.75, 3.05) is 38.7 Å². The van der Waals surface area contributed by atoms with Gasteiger partial charge in [0.1, 0.15) is 5.75 Å². The summed E-state index contributed by atoms with van der Waals surface area (Å²) in [6.45, 7) is 4.82. The van der Waals surface area contributed by atoms with Crippen LogP contribution in [0.25, 0.3) is 0 Å². The molecule has 2 aromatic carbocycles. The van der Waals surface area contributed by atoms with Gasteiger partial charge in [-0.3, -0.25) is 9.79 Å². The number of hydrogen-bond donors (Lipinski definition) is 3. The SMILES string of the molecule is CCNC(=O)c1cccc(CNC(=NC)NC2CCN(c3cc(Cl)ccc3OC)C2)c1.I. The predicted octanol–water partition coefficient (Wildman–Crippen LogP) is 3.66. The van der Waals surface area contributed by atoms with Crippen LogP contribution in [0.1, 0.15) is 29.3 Å². The Morgan fingerprint density at radius 3 is 2.78 bits per heavy atom. The van der Waals surface area contributed by atoms with E-state index in [0.29, 0.717) is 23.7 Å². The van der Waals surface area contributed by atoms with Gasteiger partial charge in [0.05, 0.1) is 12.8 Å². The van der Waals surface area contributed by atoms with Crippen LogP contribution < -0.4 is 25.6 Å². The Bertz CT molecular complexity index is 940. The van der Waals surface area contributed by atoms with Gasteiger partial charge in [-0.15, -0.1) is 24.0 Å². The lowest BCUT2D eigenvalue weighted by molar-refractivity contribution is 0.0955. The minimum atomic E-state index is -0.0608. The fraction of sp³-hybridized carbons (Fsp3) is 0.391. The van der Waals surface area contributed by atoms with Crippen LogP contribution in [0.2, 0.25) is 5.02 Å². The van der Waals surface area contributed by atoms with Gasteiger partial charge in [-0.2, -0.15) is 0 Å². The molecule has 0 saturated carbocycles. The van der Waals surface area contributed by atoms with Gasteiger partial charge in [-0.05, 0) is 49.2 Å². The number of rotatable bonds is 7. The van der Waals surface area contributed by atoms with Crippen LogP contribution in [-0.2, 0) is 6.54 Å². The van der Waals surface area contributed by atoms with E-state index in [-0.39, 0.29) is 35.9 Å². The molecule has 0 bridgehead atoms. The monoisotopic (exact) mass is 571 g/mol. The van der Waals surface area contributed by atoms with Crippen molar-refractivity contribution in [1.82, 2.24) is 16.0 Å². The summed E-state index contributed by atoms with van der Waals surface area (Å²) in [4.78, 5) is 18.7. The first-order chi connectivity index (χ1) is 15.0. The highest BCUT2D eigenvalue weighted by Gasteiger charge is 2.25. The molecule has 0 aromatic heterocycles. The molecule has 32 heavy (non-hydrogen) atoms. The summed E-state index contributed by atoms with van der Waals surface area (Å²) in [5.41, 5.74) is 2.68. The first kappa shape index (κ1) is 26.1. The van der Waals surface area contributed by atoms with E-state index in [2.05, 4.69) is 25.8 Å². The van der Waals surface area contributed by atoms with Gasteiger partial charge in [0.15, 0.2) is 5.96 Å². The van der Waals surface area contributed by atoms with E-state index in [4.69, 9.17) is 16.3 Å². The van der Waals surface area contributed by atoms with Gasteiger partial charge in [-0.25, -0.2) is 0 Å². The lowest BCUT2D eigenvalue weighted by Gasteiger charge is -2.22. The van der Waals surface area contributed by atoms with Crippen molar-refractivity contribution in [1.29, 1.82) is 0 Å². The smallest absolute Gasteiger partial charge is 0.251 e. The van der Waals surface area contributed by atoms with Crippen molar-refractivity contribution in [3.05, 3.63) is 58.6 Å². The number of anilines is 1. The maximum atomic E-state index is 12.0. The maximum absolute atomic E-state index is 12.0. The highest BCUT2D eigenvalue weighted by Crippen LogP contribution is 2.33. The number of carbonyl (C=O) groups is 1. The molecule has 1 heterocycles. The topological polar surface area (TPSA) is 78.0 Å². The van der Waals surface area contributed by atoms with E-state index < -0.39 is 0 Å². The molecule has 1 aliphatic rings. The molecule has 0 aliphatic carbocycles. The normalized spacial score (nSPS) is 15.7. The molecule has 1 saturated heterocycles. The maximum Gasteiger partial charge on any atom is 0.251 e. The second kappa shape index (κ2) is 12.7. The molecule has 174 valence electrons. The summed E-state index contributed by atoms with van der Waals surface area (Å²) >= 11 is 6.19. The zero-order valence-corrected chi connectivity index (χ0v) is 21.7. The molecule has 3 N–H and O–H groups in total. The third-order valence-corrected chi connectivity index (χ3v) is 5.46. The lowest BCUT2D eigenvalue weighted by atomic mass is 10.1. The van der Waals surface area contributed by atoms with E-state index in [1.807, 2.05) is 49.4 Å². The predicted molar refractivity (Wildman–Crippen MR) is 142 cm³/mol. The minimum absolute atomic E-state index is 0. The number of carbonyl (C=O) groups excluding carboxylic acids is 1. The van der Waals surface area contributed by atoms with Crippen LogP contribution in [0.5, 0.6) is 5.75 Å². The average Bonchev–Trinajstić information content (AvgIpc) is 3.25. The second-order valence-corrected chi connectivity index (χ2v) is 7.81. The zero-order valence-electron chi connectivity index (χ0n) is 18.7. The van der Waals surface area contributed by atoms with Crippen LogP contribution in [0.15, 0.2) is 47.5 Å². The summed E-state index contributed by atoms with van der Waals surface area (Å²) in [5.74, 6) is 1.49. The summed E-state index contributed by atoms with van der Waals surface area (Å²) in [7, 11) is 3.43. The molecular weight excluding hydrogens is 541 g/mol. The third kappa shape index (κ3) is 6.90. The minimum Gasteiger partial charge on any atom is -0.495 e. The first-order valence-corrected chi connectivity index (χ1v) is 10.8. The van der Waals surface area contributed by atoms with E-state index in [1.165, 1.54) is 0 Å². The summed E-state index contributed by atoms with van der Waals surface area (Å²) in [5, 5.41) is 10.3. The fourth-order valence-corrected chi connectivity index (χ4v) is 3.83. The molecule has 0 spiro atoms. The standard InChI is InChI=1S/C23H30ClN5O2.HI/c1-4-26-22(30)17-7-5-6-16(12-17)14-27-23(25-2)28-19-10-11-29(15-19)20-13-18(24)8-9-21(20)31-3;/h5-9,12-13,19H,4,10-11,14-15H2,1-3H3,(H,26,30)(H2,25,27,28);1H.